The third-order valence-electron chi connectivity index (χ3n) is 4.19. The lowest BCUT2D eigenvalue weighted by molar-refractivity contribution is -0.122. The summed E-state index contributed by atoms with van der Waals surface area (Å²) in [5, 5.41) is 5.56. The molecule has 1 aromatic heterocycles. The minimum Gasteiger partial charge on any atom is -0.350 e. The molecular weight excluding hydrogens is 340 g/mol. The highest BCUT2D eigenvalue weighted by molar-refractivity contribution is 5.97. The summed E-state index contributed by atoms with van der Waals surface area (Å²) in [6.45, 7) is 2.84. The number of nitrogens with zero attached hydrogens (tertiary/aromatic N) is 2. The van der Waals surface area contributed by atoms with E-state index in [1.807, 2.05) is 41.1 Å². The average Bonchev–Trinajstić information content (AvgIpc) is 3.21. The van der Waals surface area contributed by atoms with Crippen molar-refractivity contribution >= 4 is 11.8 Å². The first-order valence-electron chi connectivity index (χ1n) is 8.79. The summed E-state index contributed by atoms with van der Waals surface area (Å²) >= 11 is 0. The van der Waals surface area contributed by atoms with Crippen LogP contribution in [0.4, 0.5) is 0 Å². The van der Waals surface area contributed by atoms with E-state index in [1.165, 1.54) is 0 Å². The van der Waals surface area contributed by atoms with Crippen LogP contribution in [-0.2, 0) is 17.9 Å². The minimum atomic E-state index is -0.613. The van der Waals surface area contributed by atoms with E-state index in [1.54, 1.807) is 43.7 Å². The molecule has 0 saturated heterocycles. The summed E-state index contributed by atoms with van der Waals surface area (Å²) in [5.41, 5.74) is 2.69. The fraction of sp³-hybridized carbons (Fsp3) is 0.190. The van der Waals surface area contributed by atoms with Gasteiger partial charge in [-0.25, -0.2) is 4.98 Å². The van der Waals surface area contributed by atoms with Gasteiger partial charge in [0.25, 0.3) is 5.91 Å². The minimum absolute atomic E-state index is 0.221. The first-order valence-corrected chi connectivity index (χ1v) is 8.79. The van der Waals surface area contributed by atoms with Crippen molar-refractivity contribution in [1.29, 1.82) is 0 Å². The van der Waals surface area contributed by atoms with Gasteiger partial charge in [0.05, 0.1) is 6.33 Å². The van der Waals surface area contributed by atoms with Crippen LogP contribution in [0.3, 0.4) is 0 Å². The van der Waals surface area contributed by atoms with Crippen molar-refractivity contribution in [3.63, 3.8) is 0 Å². The lowest BCUT2D eigenvalue weighted by Crippen LogP contribution is -2.44. The van der Waals surface area contributed by atoms with Crippen LogP contribution >= 0.6 is 0 Å². The molecule has 3 rings (SSSR count). The third-order valence-corrected chi connectivity index (χ3v) is 4.19. The molecule has 0 bridgehead atoms. The molecule has 2 N–H and O–H groups in total. The molecule has 138 valence electrons. The molecule has 0 radical (unpaired) electrons. The predicted molar refractivity (Wildman–Crippen MR) is 103 cm³/mol. The van der Waals surface area contributed by atoms with Gasteiger partial charge in [0, 0.05) is 31.0 Å². The van der Waals surface area contributed by atoms with E-state index < -0.39 is 6.04 Å². The topological polar surface area (TPSA) is 76.0 Å². The van der Waals surface area contributed by atoms with Gasteiger partial charge in [-0.1, -0.05) is 42.5 Å². The third kappa shape index (κ3) is 5.28. The normalized spacial score (nSPS) is 11.6. The van der Waals surface area contributed by atoms with Gasteiger partial charge in [-0.15, -0.1) is 0 Å². The zero-order valence-corrected chi connectivity index (χ0v) is 15.1. The lowest BCUT2D eigenvalue weighted by atomic mass is 10.1. The number of hydrogen-bond acceptors (Lipinski definition) is 3. The molecule has 0 spiro atoms. The molecule has 3 aromatic rings. The molecule has 0 aliphatic rings. The van der Waals surface area contributed by atoms with Gasteiger partial charge >= 0.3 is 0 Å². The number of amides is 2. The number of carbonyl (C=O) groups excluding carboxylic acids is 2. The van der Waals surface area contributed by atoms with Crippen LogP contribution in [0.2, 0.25) is 0 Å². The molecule has 2 amide bonds. The van der Waals surface area contributed by atoms with Gasteiger partial charge in [-0.05, 0) is 30.2 Å². The highest BCUT2D eigenvalue weighted by atomic mass is 16.2. The second-order valence-electron chi connectivity index (χ2n) is 6.33. The van der Waals surface area contributed by atoms with Gasteiger partial charge in [0.15, 0.2) is 0 Å². The molecule has 27 heavy (non-hydrogen) atoms. The Morgan fingerprint density at radius 1 is 1.04 bits per heavy atom. The van der Waals surface area contributed by atoms with Crippen molar-refractivity contribution in [2.24, 2.45) is 0 Å². The fourth-order valence-corrected chi connectivity index (χ4v) is 2.63. The van der Waals surface area contributed by atoms with Gasteiger partial charge in [-0.2, -0.15) is 0 Å². The Bertz CT molecular complexity index is 874. The molecule has 0 unspecified atom stereocenters. The molecule has 0 aliphatic carbocycles. The predicted octanol–water partition coefficient (Wildman–Crippen LogP) is 2.37. The van der Waals surface area contributed by atoms with Crippen LogP contribution in [-0.4, -0.2) is 27.4 Å². The van der Waals surface area contributed by atoms with Crippen molar-refractivity contribution in [2.75, 3.05) is 0 Å². The number of nitrogens with one attached hydrogen (secondary N) is 2. The summed E-state index contributed by atoms with van der Waals surface area (Å²) in [5.74, 6) is -0.483. The maximum absolute atomic E-state index is 12.2. The molecule has 0 aliphatic heterocycles. The van der Waals surface area contributed by atoms with E-state index in [0.29, 0.717) is 12.1 Å². The quantitative estimate of drug-likeness (QED) is 0.677. The van der Waals surface area contributed by atoms with Crippen LogP contribution in [0.5, 0.6) is 0 Å². The van der Waals surface area contributed by atoms with Crippen LogP contribution in [0.15, 0.2) is 73.3 Å². The van der Waals surface area contributed by atoms with Crippen molar-refractivity contribution < 1.29 is 9.59 Å². The first kappa shape index (κ1) is 18.4. The lowest BCUT2D eigenvalue weighted by Gasteiger charge is -2.14. The van der Waals surface area contributed by atoms with E-state index in [2.05, 4.69) is 15.6 Å². The maximum atomic E-state index is 12.2. The molecule has 0 fully saturated rings. The van der Waals surface area contributed by atoms with E-state index in [0.717, 1.165) is 17.7 Å². The molecule has 0 saturated carbocycles. The first-order chi connectivity index (χ1) is 13.1. The highest BCUT2D eigenvalue weighted by Crippen LogP contribution is 2.06. The SMILES string of the molecule is C[C@H](NC(=O)c1ccccc1)C(=O)NCc1ccc(Cn2ccnc2)cc1. The van der Waals surface area contributed by atoms with Crippen molar-refractivity contribution in [1.82, 2.24) is 20.2 Å². The second kappa shape index (κ2) is 8.80. The Labute approximate surface area is 158 Å². The van der Waals surface area contributed by atoms with Crippen LogP contribution < -0.4 is 10.6 Å². The van der Waals surface area contributed by atoms with Crippen LogP contribution in [0.25, 0.3) is 0 Å². The monoisotopic (exact) mass is 362 g/mol. The summed E-state index contributed by atoms with van der Waals surface area (Å²) in [6, 6.07) is 16.3. The van der Waals surface area contributed by atoms with E-state index in [4.69, 9.17) is 0 Å². The van der Waals surface area contributed by atoms with Crippen molar-refractivity contribution in [2.45, 2.75) is 26.1 Å². The summed E-state index contributed by atoms with van der Waals surface area (Å²) in [6.07, 6.45) is 5.44. The molecule has 6 heteroatoms. The second-order valence-corrected chi connectivity index (χ2v) is 6.33. The number of hydrogen-bond donors (Lipinski definition) is 2. The Hall–Kier alpha value is -3.41. The van der Waals surface area contributed by atoms with Gasteiger partial charge in [-0.3, -0.25) is 9.59 Å². The Morgan fingerprint density at radius 2 is 1.74 bits per heavy atom. The summed E-state index contributed by atoms with van der Waals surface area (Å²) < 4.78 is 1.99. The molecular formula is C21H22N4O2. The van der Waals surface area contributed by atoms with Crippen molar-refractivity contribution in [3.8, 4) is 0 Å². The zero-order valence-electron chi connectivity index (χ0n) is 15.1. The van der Waals surface area contributed by atoms with E-state index in [9.17, 15) is 9.59 Å². The zero-order chi connectivity index (χ0) is 19.1. The van der Waals surface area contributed by atoms with Gasteiger partial charge < -0.3 is 15.2 Å². The summed E-state index contributed by atoms with van der Waals surface area (Å²) in [7, 11) is 0. The van der Waals surface area contributed by atoms with E-state index >= 15 is 0 Å². The number of benzene rings is 2. The molecule has 1 heterocycles. The van der Waals surface area contributed by atoms with Crippen molar-refractivity contribution in [3.05, 3.63) is 90.0 Å². The number of rotatable bonds is 7. The molecule has 1 atom stereocenters. The Morgan fingerprint density at radius 3 is 2.41 bits per heavy atom. The molecule has 2 aromatic carbocycles. The smallest absolute Gasteiger partial charge is 0.251 e. The highest BCUT2D eigenvalue weighted by Gasteiger charge is 2.16. The Kier molecular flexibility index (Phi) is 5.99. The van der Waals surface area contributed by atoms with Crippen LogP contribution in [0.1, 0.15) is 28.4 Å². The maximum Gasteiger partial charge on any atom is 0.251 e. The van der Waals surface area contributed by atoms with Gasteiger partial charge in [0.2, 0.25) is 5.91 Å². The summed E-state index contributed by atoms with van der Waals surface area (Å²) in [4.78, 5) is 28.4. The van der Waals surface area contributed by atoms with Crippen LogP contribution in [0, 0.1) is 0 Å². The Balaban J connectivity index is 1.47. The van der Waals surface area contributed by atoms with E-state index in [-0.39, 0.29) is 11.8 Å². The fourth-order valence-electron chi connectivity index (χ4n) is 2.63. The standard InChI is InChI=1S/C21H22N4O2/c1-16(24-21(27)19-5-3-2-4-6-19)20(26)23-13-17-7-9-18(10-8-17)14-25-12-11-22-15-25/h2-12,15-16H,13-14H2,1H3,(H,23,26)(H,24,27)/t16-/m0/s1. The average molecular weight is 362 g/mol. The largest absolute Gasteiger partial charge is 0.350 e. The number of carbonyl (C=O) groups is 2. The van der Waals surface area contributed by atoms with Gasteiger partial charge in [0.1, 0.15) is 6.04 Å². The molecule has 6 nitrogen and oxygen atoms in total. The number of imidazole rings is 1. The number of aromatic nitrogens is 2.